The average molecular weight is 248 g/mol. The quantitative estimate of drug-likeness (QED) is 0.759. The van der Waals surface area contributed by atoms with Gasteiger partial charge in [-0.2, -0.15) is 0 Å². The molecule has 1 aliphatic rings. The Labute approximate surface area is 79.0 Å². The van der Waals surface area contributed by atoms with Crippen LogP contribution < -0.4 is 4.72 Å². The summed E-state index contributed by atoms with van der Waals surface area (Å²) < 4.78 is 25.5. The van der Waals surface area contributed by atoms with Gasteiger partial charge in [0.2, 0.25) is 10.0 Å². The van der Waals surface area contributed by atoms with Crippen LogP contribution in [0.5, 0.6) is 0 Å². The lowest BCUT2D eigenvalue weighted by molar-refractivity contribution is 0.602. The third-order valence-electron chi connectivity index (χ3n) is 1.68. The van der Waals surface area contributed by atoms with Crippen molar-refractivity contribution in [2.45, 2.75) is 5.75 Å². The fourth-order valence-corrected chi connectivity index (χ4v) is 2.85. The van der Waals surface area contributed by atoms with E-state index in [1.54, 1.807) is 6.07 Å². The van der Waals surface area contributed by atoms with Gasteiger partial charge in [-0.05, 0) is 23.8 Å². The van der Waals surface area contributed by atoms with Gasteiger partial charge in [0.15, 0.2) is 0 Å². The Morgan fingerprint density at radius 3 is 2.92 bits per heavy atom. The van der Waals surface area contributed by atoms with Crippen LogP contribution in [0.2, 0.25) is 0 Å². The monoisotopic (exact) mass is 247 g/mol. The van der Waals surface area contributed by atoms with Crippen molar-refractivity contribution in [2.75, 3.05) is 4.72 Å². The Morgan fingerprint density at radius 1 is 1.42 bits per heavy atom. The molecule has 0 aliphatic carbocycles. The molecule has 2 rings (SSSR count). The van der Waals surface area contributed by atoms with Crippen molar-refractivity contribution < 1.29 is 8.42 Å². The van der Waals surface area contributed by atoms with E-state index >= 15 is 0 Å². The summed E-state index contributed by atoms with van der Waals surface area (Å²) in [4.78, 5) is 0. The van der Waals surface area contributed by atoms with Crippen LogP contribution in [0.1, 0.15) is 5.56 Å². The van der Waals surface area contributed by atoms with Gasteiger partial charge in [-0.3, -0.25) is 4.72 Å². The van der Waals surface area contributed by atoms with Crippen LogP contribution in [0.3, 0.4) is 0 Å². The maximum atomic E-state index is 11.1. The fraction of sp³-hybridized carbons (Fsp3) is 0.143. The number of benzene rings is 1. The predicted octanol–water partition coefficient (Wildman–Crippen LogP) is 1.70. The third kappa shape index (κ3) is 1.34. The molecule has 0 spiro atoms. The van der Waals surface area contributed by atoms with Crippen LogP contribution in [0.4, 0.5) is 5.69 Å². The topological polar surface area (TPSA) is 46.2 Å². The van der Waals surface area contributed by atoms with Crippen LogP contribution >= 0.6 is 15.9 Å². The SMILES string of the molecule is O=S1(=O)Cc2cc(Br)ccc2N1. The smallest absolute Gasteiger partial charge is 0.237 e. The maximum absolute atomic E-state index is 11.1. The number of rotatable bonds is 0. The molecule has 0 saturated heterocycles. The summed E-state index contributed by atoms with van der Waals surface area (Å²) in [7, 11) is -3.09. The molecule has 1 aromatic carbocycles. The summed E-state index contributed by atoms with van der Waals surface area (Å²) in [5, 5.41) is 0. The Balaban J connectivity index is 2.56. The van der Waals surface area contributed by atoms with Crippen LogP contribution in [0, 0.1) is 0 Å². The van der Waals surface area contributed by atoms with E-state index in [1.807, 2.05) is 12.1 Å². The largest absolute Gasteiger partial charge is 0.283 e. The fourth-order valence-electron chi connectivity index (χ4n) is 1.19. The zero-order chi connectivity index (χ0) is 8.77. The second-order valence-electron chi connectivity index (χ2n) is 2.66. The highest BCUT2D eigenvalue weighted by atomic mass is 79.9. The number of fused-ring (bicyclic) bond motifs is 1. The molecule has 5 heteroatoms. The minimum absolute atomic E-state index is 0.0851. The summed E-state index contributed by atoms with van der Waals surface area (Å²) in [6.07, 6.45) is 0. The Morgan fingerprint density at radius 2 is 2.17 bits per heavy atom. The summed E-state index contributed by atoms with van der Waals surface area (Å²) in [5.41, 5.74) is 1.52. The van der Waals surface area contributed by atoms with Gasteiger partial charge in [-0.1, -0.05) is 15.9 Å². The number of nitrogens with one attached hydrogen (secondary N) is 1. The number of halogens is 1. The standard InChI is InChI=1S/C7H6BrNO2S/c8-6-1-2-7-5(3-6)4-12(10,11)9-7/h1-3,9H,4H2. The number of sulfonamides is 1. The highest BCUT2D eigenvalue weighted by Crippen LogP contribution is 2.29. The van der Waals surface area contributed by atoms with Crippen LogP contribution in [0.25, 0.3) is 0 Å². The van der Waals surface area contributed by atoms with Crippen molar-refractivity contribution >= 4 is 31.6 Å². The van der Waals surface area contributed by atoms with E-state index in [2.05, 4.69) is 20.7 Å². The molecule has 3 nitrogen and oxygen atoms in total. The van der Waals surface area contributed by atoms with Gasteiger partial charge in [0.25, 0.3) is 0 Å². The number of hydrogen-bond donors (Lipinski definition) is 1. The van der Waals surface area contributed by atoms with Crippen molar-refractivity contribution in [3.8, 4) is 0 Å². The van der Waals surface area contributed by atoms with E-state index in [0.29, 0.717) is 5.69 Å². The zero-order valence-corrected chi connectivity index (χ0v) is 8.44. The molecule has 0 saturated carbocycles. The molecule has 1 aromatic rings. The van der Waals surface area contributed by atoms with Gasteiger partial charge in [0.05, 0.1) is 11.4 Å². The van der Waals surface area contributed by atoms with E-state index in [4.69, 9.17) is 0 Å². The second kappa shape index (κ2) is 2.47. The molecular weight excluding hydrogens is 242 g/mol. The lowest BCUT2D eigenvalue weighted by Crippen LogP contribution is -2.05. The second-order valence-corrected chi connectivity index (χ2v) is 5.30. The molecule has 0 aromatic heterocycles. The molecule has 0 unspecified atom stereocenters. The van der Waals surface area contributed by atoms with Gasteiger partial charge in [-0.15, -0.1) is 0 Å². The minimum atomic E-state index is -3.09. The lowest BCUT2D eigenvalue weighted by Gasteiger charge is -1.96. The van der Waals surface area contributed by atoms with Crippen LogP contribution in [-0.2, 0) is 15.8 Å². The zero-order valence-electron chi connectivity index (χ0n) is 6.04. The first-order valence-corrected chi connectivity index (χ1v) is 5.80. The Bertz CT molecular complexity index is 427. The van der Waals surface area contributed by atoms with Gasteiger partial charge in [-0.25, -0.2) is 8.42 Å². The number of hydrogen-bond acceptors (Lipinski definition) is 2. The predicted molar refractivity (Wildman–Crippen MR) is 50.4 cm³/mol. The molecule has 64 valence electrons. The van der Waals surface area contributed by atoms with Crippen molar-refractivity contribution in [1.82, 2.24) is 0 Å². The first kappa shape index (κ1) is 8.07. The van der Waals surface area contributed by atoms with Gasteiger partial charge < -0.3 is 0 Å². The number of anilines is 1. The van der Waals surface area contributed by atoms with Crippen molar-refractivity contribution in [1.29, 1.82) is 0 Å². The van der Waals surface area contributed by atoms with E-state index in [1.165, 1.54) is 0 Å². The molecule has 1 N–H and O–H groups in total. The van der Waals surface area contributed by atoms with E-state index in [0.717, 1.165) is 10.0 Å². The van der Waals surface area contributed by atoms with Crippen LogP contribution in [0.15, 0.2) is 22.7 Å². The summed E-state index contributed by atoms with van der Waals surface area (Å²) in [6, 6.07) is 5.38. The Hall–Kier alpha value is -0.550. The Kier molecular flexibility index (Phi) is 1.66. The summed E-state index contributed by atoms with van der Waals surface area (Å²) >= 11 is 3.28. The van der Waals surface area contributed by atoms with E-state index in [-0.39, 0.29) is 5.75 Å². The molecule has 0 amide bonds. The highest BCUT2D eigenvalue weighted by molar-refractivity contribution is 9.10. The molecule has 1 heterocycles. The highest BCUT2D eigenvalue weighted by Gasteiger charge is 2.22. The van der Waals surface area contributed by atoms with Crippen molar-refractivity contribution in [3.63, 3.8) is 0 Å². The lowest BCUT2D eigenvalue weighted by atomic mass is 10.2. The minimum Gasteiger partial charge on any atom is -0.283 e. The van der Waals surface area contributed by atoms with Gasteiger partial charge in [0, 0.05) is 4.47 Å². The van der Waals surface area contributed by atoms with Gasteiger partial charge in [0.1, 0.15) is 0 Å². The molecule has 12 heavy (non-hydrogen) atoms. The average Bonchev–Trinajstić information content (AvgIpc) is 2.21. The first-order valence-electron chi connectivity index (χ1n) is 3.36. The molecule has 0 bridgehead atoms. The molecule has 0 atom stereocenters. The molecule has 0 radical (unpaired) electrons. The third-order valence-corrected chi connectivity index (χ3v) is 3.39. The summed E-state index contributed by atoms with van der Waals surface area (Å²) in [6.45, 7) is 0. The van der Waals surface area contributed by atoms with Crippen molar-refractivity contribution in [2.24, 2.45) is 0 Å². The maximum Gasteiger partial charge on any atom is 0.237 e. The molecule has 0 fully saturated rings. The van der Waals surface area contributed by atoms with E-state index in [9.17, 15) is 8.42 Å². The van der Waals surface area contributed by atoms with Crippen molar-refractivity contribution in [3.05, 3.63) is 28.2 Å². The first-order chi connectivity index (χ1) is 5.57. The molecule has 1 aliphatic heterocycles. The molecular formula is C7H6BrNO2S. The summed E-state index contributed by atoms with van der Waals surface area (Å²) in [5.74, 6) is 0.0851. The van der Waals surface area contributed by atoms with Crippen LogP contribution in [-0.4, -0.2) is 8.42 Å². The normalized spacial score (nSPS) is 18.4. The van der Waals surface area contributed by atoms with E-state index < -0.39 is 10.0 Å². The van der Waals surface area contributed by atoms with Gasteiger partial charge >= 0.3 is 0 Å².